The van der Waals surface area contributed by atoms with Crippen LogP contribution in [0.2, 0.25) is 10.0 Å². The van der Waals surface area contributed by atoms with Crippen LogP contribution >= 0.6 is 23.2 Å². The van der Waals surface area contributed by atoms with Gasteiger partial charge in [0.15, 0.2) is 0 Å². The second-order valence-corrected chi connectivity index (χ2v) is 11.9. The molecule has 3 heterocycles. The highest BCUT2D eigenvalue weighted by Crippen LogP contribution is 2.31. The van der Waals surface area contributed by atoms with E-state index in [1.807, 2.05) is 36.4 Å². The van der Waals surface area contributed by atoms with E-state index in [-0.39, 0.29) is 6.04 Å². The Labute approximate surface area is 252 Å². The smallest absolute Gasteiger partial charge is 0.224 e. The number of piperazine rings is 1. The molecule has 2 saturated heterocycles. The van der Waals surface area contributed by atoms with Crippen molar-refractivity contribution in [1.82, 2.24) is 24.7 Å². The van der Waals surface area contributed by atoms with Gasteiger partial charge in [-0.15, -0.1) is 0 Å². The van der Waals surface area contributed by atoms with Crippen LogP contribution < -0.4 is 4.74 Å². The number of hydrogen-bond acceptors (Lipinski definition) is 6. The minimum Gasteiger partial charge on any atom is -0.476 e. The third-order valence-electron chi connectivity index (χ3n) is 8.22. The molecule has 0 radical (unpaired) electrons. The first-order chi connectivity index (χ1) is 20.1. The standard InChI is InChI=1S/C33H37Cl2N5O/c34-27-12-8-25(9-13-27)32(26-10-14-28(35)15-11-26)40-20-18-39(19-21-40)24-31-36-30-7-3-2-6-29(30)33(37-31)41-23-22-38-16-4-1-5-17-38/h2-3,6-15,32H,1,4-5,16-24H2. The third-order valence-corrected chi connectivity index (χ3v) is 8.72. The van der Waals surface area contributed by atoms with Gasteiger partial charge in [0.1, 0.15) is 12.4 Å². The fourth-order valence-electron chi connectivity index (χ4n) is 6.01. The summed E-state index contributed by atoms with van der Waals surface area (Å²) >= 11 is 12.4. The molecule has 1 aromatic heterocycles. The molecule has 6 rings (SSSR count). The SMILES string of the molecule is Clc1ccc(C(c2ccc(Cl)cc2)N2CCN(Cc3nc(OCCN4CCCCC4)c4ccccc4n3)CC2)cc1. The van der Waals surface area contributed by atoms with Gasteiger partial charge in [-0.3, -0.25) is 14.7 Å². The predicted octanol–water partition coefficient (Wildman–Crippen LogP) is 6.71. The van der Waals surface area contributed by atoms with Crippen molar-refractivity contribution in [2.45, 2.75) is 31.8 Å². The number of nitrogens with zero attached hydrogens (tertiary/aromatic N) is 5. The predicted molar refractivity (Wildman–Crippen MR) is 167 cm³/mol. The molecule has 0 N–H and O–H groups in total. The molecule has 4 aromatic rings. The molecule has 2 aliphatic heterocycles. The van der Waals surface area contributed by atoms with Crippen molar-refractivity contribution in [2.75, 3.05) is 52.4 Å². The zero-order valence-electron chi connectivity index (χ0n) is 23.4. The van der Waals surface area contributed by atoms with Crippen molar-refractivity contribution >= 4 is 34.1 Å². The minimum atomic E-state index is 0.142. The first-order valence-electron chi connectivity index (χ1n) is 14.7. The van der Waals surface area contributed by atoms with E-state index in [0.29, 0.717) is 19.0 Å². The average molecular weight is 591 g/mol. The lowest BCUT2D eigenvalue weighted by atomic mass is 9.96. The van der Waals surface area contributed by atoms with Crippen molar-refractivity contribution < 1.29 is 4.74 Å². The van der Waals surface area contributed by atoms with E-state index < -0.39 is 0 Å². The summed E-state index contributed by atoms with van der Waals surface area (Å²) in [5, 5.41) is 2.48. The molecule has 0 unspecified atom stereocenters. The van der Waals surface area contributed by atoms with E-state index in [0.717, 1.165) is 59.5 Å². The Morgan fingerprint density at radius 2 is 1.32 bits per heavy atom. The highest BCUT2D eigenvalue weighted by atomic mass is 35.5. The Kier molecular flexibility index (Phi) is 9.34. The monoisotopic (exact) mass is 589 g/mol. The second kappa shape index (κ2) is 13.5. The van der Waals surface area contributed by atoms with Crippen LogP contribution in [0.15, 0.2) is 72.8 Å². The zero-order valence-corrected chi connectivity index (χ0v) is 24.9. The van der Waals surface area contributed by atoms with E-state index in [2.05, 4.69) is 51.1 Å². The van der Waals surface area contributed by atoms with E-state index in [4.69, 9.17) is 37.9 Å². The molecule has 3 aromatic carbocycles. The Morgan fingerprint density at radius 1 is 0.683 bits per heavy atom. The maximum Gasteiger partial charge on any atom is 0.224 e. The van der Waals surface area contributed by atoms with Crippen LogP contribution in [0.3, 0.4) is 0 Å². The molecule has 2 fully saturated rings. The summed E-state index contributed by atoms with van der Waals surface area (Å²) in [6.45, 7) is 8.36. The van der Waals surface area contributed by atoms with Crippen LogP contribution in [0.5, 0.6) is 5.88 Å². The van der Waals surface area contributed by atoms with Gasteiger partial charge in [-0.25, -0.2) is 4.98 Å². The van der Waals surface area contributed by atoms with E-state index in [1.165, 1.54) is 43.5 Å². The molecular formula is C33H37Cl2N5O. The Balaban J connectivity index is 1.13. The van der Waals surface area contributed by atoms with Gasteiger partial charge in [-0.1, -0.05) is 66.0 Å². The number of piperidine rings is 1. The van der Waals surface area contributed by atoms with E-state index >= 15 is 0 Å². The summed E-state index contributed by atoms with van der Waals surface area (Å²) < 4.78 is 6.28. The Morgan fingerprint density at radius 3 is 1.98 bits per heavy atom. The van der Waals surface area contributed by atoms with Crippen molar-refractivity contribution in [1.29, 1.82) is 0 Å². The van der Waals surface area contributed by atoms with E-state index in [9.17, 15) is 0 Å². The van der Waals surface area contributed by atoms with Crippen LogP contribution in [0.25, 0.3) is 10.9 Å². The van der Waals surface area contributed by atoms with Gasteiger partial charge in [-0.05, 0) is 73.5 Å². The van der Waals surface area contributed by atoms with Crippen LogP contribution in [-0.2, 0) is 6.54 Å². The van der Waals surface area contributed by atoms with Gasteiger partial charge < -0.3 is 4.74 Å². The molecule has 0 amide bonds. The number of para-hydroxylation sites is 1. The second-order valence-electron chi connectivity index (χ2n) is 11.0. The van der Waals surface area contributed by atoms with Crippen molar-refractivity contribution in [3.8, 4) is 5.88 Å². The fourth-order valence-corrected chi connectivity index (χ4v) is 6.26. The molecule has 0 aliphatic carbocycles. The number of benzene rings is 3. The number of hydrogen-bond donors (Lipinski definition) is 0. The molecule has 8 heteroatoms. The normalized spacial score (nSPS) is 17.3. The zero-order chi connectivity index (χ0) is 28.0. The molecule has 214 valence electrons. The van der Waals surface area contributed by atoms with Crippen LogP contribution in [0.4, 0.5) is 0 Å². The maximum absolute atomic E-state index is 6.28. The summed E-state index contributed by atoms with van der Waals surface area (Å²) in [6, 6.07) is 24.7. The molecule has 0 saturated carbocycles. The molecular weight excluding hydrogens is 553 g/mol. The summed E-state index contributed by atoms with van der Waals surface area (Å²) in [4.78, 5) is 17.3. The number of rotatable bonds is 9. The van der Waals surface area contributed by atoms with Crippen molar-refractivity contribution in [3.05, 3.63) is 99.8 Å². The number of aromatic nitrogens is 2. The summed E-state index contributed by atoms with van der Waals surface area (Å²) in [7, 11) is 0. The molecule has 41 heavy (non-hydrogen) atoms. The van der Waals surface area contributed by atoms with Gasteiger partial charge in [-0.2, -0.15) is 4.98 Å². The summed E-state index contributed by atoms with van der Waals surface area (Å²) in [5.74, 6) is 1.52. The van der Waals surface area contributed by atoms with Crippen LogP contribution in [-0.4, -0.2) is 77.1 Å². The lowest BCUT2D eigenvalue weighted by Gasteiger charge is -2.39. The molecule has 0 spiro atoms. The largest absolute Gasteiger partial charge is 0.476 e. The Bertz CT molecular complexity index is 1370. The lowest BCUT2D eigenvalue weighted by molar-refractivity contribution is 0.103. The molecule has 6 nitrogen and oxygen atoms in total. The topological polar surface area (TPSA) is 44.7 Å². The van der Waals surface area contributed by atoms with E-state index in [1.54, 1.807) is 0 Å². The van der Waals surface area contributed by atoms with Gasteiger partial charge in [0.05, 0.1) is 23.5 Å². The molecule has 0 bridgehead atoms. The highest BCUT2D eigenvalue weighted by molar-refractivity contribution is 6.30. The number of halogens is 2. The number of ether oxygens (including phenoxy) is 1. The summed E-state index contributed by atoms with van der Waals surface area (Å²) in [5.41, 5.74) is 3.40. The summed E-state index contributed by atoms with van der Waals surface area (Å²) in [6.07, 6.45) is 3.91. The van der Waals surface area contributed by atoms with Gasteiger partial charge in [0.2, 0.25) is 5.88 Å². The minimum absolute atomic E-state index is 0.142. The quantitative estimate of drug-likeness (QED) is 0.216. The lowest BCUT2D eigenvalue weighted by Crippen LogP contribution is -2.47. The van der Waals surface area contributed by atoms with Gasteiger partial charge >= 0.3 is 0 Å². The van der Waals surface area contributed by atoms with Crippen LogP contribution in [0, 0.1) is 0 Å². The van der Waals surface area contributed by atoms with Gasteiger partial charge in [0.25, 0.3) is 0 Å². The highest BCUT2D eigenvalue weighted by Gasteiger charge is 2.27. The number of likely N-dealkylation sites (tertiary alicyclic amines) is 1. The fraction of sp³-hybridized carbons (Fsp3) is 0.394. The first-order valence-corrected chi connectivity index (χ1v) is 15.5. The Hall–Kier alpha value is -2.74. The average Bonchev–Trinajstić information content (AvgIpc) is 3.00. The number of fused-ring (bicyclic) bond motifs is 1. The molecule has 2 aliphatic rings. The third kappa shape index (κ3) is 7.19. The maximum atomic E-state index is 6.28. The molecule has 0 atom stereocenters. The van der Waals surface area contributed by atoms with Crippen LogP contribution in [0.1, 0.15) is 42.3 Å². The van der Waals surface area contributed by atoms with Gasteiger partial charge in [0, 0.05) is 42.8 Å². The van der Waals surface area contributed by atoms with Crippen molar-refractivity contribution in [3.63, 3.8) is 0 Å². The van der Waals surface area contributed by atoms with Crippen molar-refractivity contribution in [2.24, 2.45) is 0 Å². The first kappa shape index (κ1) is 28.4.